The fourth-order valence-corrected chi connectivity index (χ4v) is 2.86. The van der Waals surface area contributed by atoms with E-state index in [1.165, 1.54) is 17.8 Å². The van der Waals surface area contributed by atoms with E-state index in [-0.39, 0.29) is 5.91 Å². The Hall–Kier alpha value is -0.480. The van der Waals surface area contributed by atoms with Gasteiger partial charge in [-0.25, -0.2) is 0 Å². The minimum absolute atomic E-state index is 0.124. The molecule has 0 N–H and O–H groups in total. The molecule has 0 aliphatic heterocycles. The molecule has 0 spiro atoms. The Morgan fingerprint density at radius 2 is 2.40 bits per heavy atom. The Bertz CT molecular complexity index is 374. The molecule has 1 aliphatic carbocycles. The van der Waals surface area contributed by atoms with E-state index in [2.05, 4.69) is 19.6 Å². The van der Waals surface area contributed by atoms with Crippen molar-refractivity contribution in [2.75, 3.05) is 13.6 Å². The molecule has 1 aliphatic rings. The molecule has 1 heterocycles. The number of amides is 1. The van der Waals surface area contributed by atoms with E-state index < -0.39 is 0 Å². The molecular weight excluding hydrogens is 226 g/mol. The summed E-state index contributed by atoms with van der Waals surface area (Å²) < 4.78 is 0. The maximum atomic E-state index is 11.9. The van der Waals surface area contributed by atoms with Crippen molar-refractivity contribution < 1.29 is 4.79 Å². The fourth-order valence-electron chi connectivity index (χ4n) is 1.71. The van der Waals surface area contributed by atoms with Gasteiger partial charge in [-0.1, -0.05) is 6.92 Å². The Morgan fingerprint density at radius 3 is 2.87 bits per heavy atom. The Labute approximate surface area is 99.7 Å². The number of carbonyl (C=O) groups is 1. The summed E-state index contributed by atoms with van der Waals surface area (Å²) in [4.78, 5) is 15.4. The summed E-state index contributed by atoms with van der Waals surface area (Å²) in [5, 5.41) is 1.89. The highest BCUT2D eigenvalue weighted by molar-refractivity contribution is 7.80. The van der Waals surface area contributed by atoms with Crippen molar-refractivity contribution in [2.45, 2.75) is 18.2 Å². The largest absolute Gasteiger partial charge is 0.341 e. The summed E-state index contributed by atoms with van der Waals surface area (Å²) in [6.45, 7) is 3.12. The molecule has 0 saturated heterocycles. The average molecular weight is 241 g/mol. The van der Waals surface area contributed by atoms with Crippen molar-refractivity contribution in [1.82, 2.24) is 4.90 Å². The van der Waals surface area contributed by atoms with Gasteiger partial charge in [0, 0.05) is 23.9 Å². The third kappa shape index (κ3) is 2.55. The van der Waals surface area contributed by atoms with Crippen LogP contribution in [0.5, 0.6) is 0 Å². The van der Waals surface area contributed by atoms with Crippen molar-refractivity contribution in [3.05, 3.63) is 16.3 Å². The summed E-state index contributed by atoms with van der Waals surface area (Å²) >= 11 is 5.67. The molecule has 2 unspecified atom stereocenters. The number of nitrogens with zero attached hydrogens (tertiary/aromatic N) is 1. The Balaban J connectivity index is 1.95. The van der Waals surface area contributed by atoms with Gasteiger partial charge in [0.15, 0.2) is 0 Å². The van der Waals surface area contributed by atoms with Gasteiger partial charge < -0.3 is 4.90 Å². The Morgan fingerprint density at radius 1 is 1.73 bits per heavy atom. The molecule has 0 bridgehead atoms. The second-order valence-corrected chi connectivity index (χ2v) is 5.76. The third-order valence-corrected chi connectivity index (χ3v) is 4.28. The molecule has 1 saturated carbocycles. The number of hydrogen-bond donors (Lipinski definition) is 1. The predicted octanol–water partition coefficient (Wildman–Crippen LogP) is 2.76. The molecule has 4 heteroatoms. The van der Waals surface area contributed by atoms with Gasteiger partial charge in [-0.3, -0.25) is 4.79 Å². The maximum Gasteiger partial charge on any atom is 0.263 e. The van der Waals surface area contributed by atoms with E-state index in [4.69, 9.17) is 0 Å². The number of thiophene rings is 1. The standard InChI is InChI=1S/C11H15NOS2/c1-7-3-8(7)5-12(2)11(13)10-4-9(14)6-15-10/h4,6-8,14H,3,5H2,1-2H3. The highest BCUT2D eigenvalue weighted by Gasteiger charge is 2.34. The first-order valence-corrected chi connectivity index (χ1v) is 6.43. The molecule has 1 aromatic heterocycles. The summed E-state index contributed by atoms with van der Waals surface area (Å²) in [5.41, 5.74) is 0. The van der Waals surface area contributed by atoms with Crippen molar-refractivity contribution >= 4 is 29.9 Å². The summed E-state index contributed by atoms with van der Waals surface area (Å²) in [7, 11) is 1.88. The zero-order valence-electron chi connectivity index (χ0n) is 8.93. The fraction of sp³-hybridized carbons (Fsp3) is 0.545. The van der Waals surface area contributed by atoms with Crippen LogP contribution in [0.3, 0.4) is 0 Å². The van der Waals surface area contributed by atoms with Crippen LogP contribution >= 0.6 is 24.0 Å². The van der Waals surface area contributed by atoms with E-state index in [0.717, 1.165) is 28.2 Å². The van der Waals surface area contributed by atoms with E-state index in [1.54, 1.807) is 0 Å². The molecule has 2 atom stereocenters. The monoisotopic (exact) mass is 241 g/mol. The van der Waals surface area contributed by atoms with Crippen LogP contribution in [0.25, 0.3) is 0 Å². The highest BCUT2D eigenvalue weighted by Crippen LogP contribution is 2.38. The van der Waals surface area contributed by atoms with Crippen molar-refractivity contribution in [3.63, 3.8) is 0 Å². The molecule has 1 fully saturated rings. The van der Waals surface area contributed by atoms with Crippen LogP contribution in [0, 0.1) is 11.8 Å². The molecule has 15 heavy (non-hydrogen) atoms. The maximum absolute atomic E-state index is 11.9. The topological polar surface area (TPSA) is 20.3 Å². The number of carbonyl (C=O) groups excluding carboxylic acids is 1. The van der Waals surface area contributed by atoms with E-state index in [1.807, 2.05) is 23.4 Å². The van der Waals surface area contributed by atoms with Crippen LogP contribution in [0.15, 0.2) is 16.3 Å². The number of rotatable bonds is 3. The summed E-state index contributed by atoms with van der Waals surface area (Å²) in [5.74, 6) is 1.64. The number of thiol groups is 1. The van der Waals surface area contributed by atoms with Crippen LogP contribution in [0.2, 0.25) is 0 Å². The SMILES string of the molecule is CC1CC1CN(C)C(=O)c1cc(S)cs1. The first kappa shape index (κ1) is 11.0. The van der Waals surface area contributed by atoms with Gasteiger partial charge in [0.2, 0.25) is 0 Å². The van der Waals surface area contributed by atoms with Gasteiger partial charge in [-0.05, 0) is 24.3 Å². The van der Waals surface area contributed by atoms with Gasteiger partial charge in [0.25, 0.3) is 5.91 Å². The molecular formula is C11H15NOS2. The molecule has 0 radical (unpaired) electrons. The zero-order chi connectivity index (χ0) is 11.0. The lowest BCUT2D eigenvalue weighted by molar-refractivity contribution is 0.0791. The molecule has 1 aromatic rings. The van der Waals surface area contributed by atoms with E-state index in [9.17, 15) is 4.79 Å². The smallest absolute Gasteiger partial charge is 0.263 e. The van der Waals surface area contributed by atoms with Gasteiger partial charge in [-0.15, -0.1) is 24.0 Å². The average Bonchev–Trinajstić information content (AvgIpc) is 2.71. The lowest BCUT2D eigenvalue weighted by atomic mass is 10.3. The number of hydrogen-bond acceptors (Lipinski definition) is 3. The normalized spacial score (nSPS) is 23.9. The van der Waals surface area contributed by atoms with Gasteiger partial charge in [0.05, 0.1) is 4.88 Å². The van der Waals surface area contributed by atoms with Crippen molar-refractivity contribution in [3.8, 4) is 0 Å². The van der Waals surface area contributed by atoms with Gasteiger partial charge in [-0.2, -0.15) is 0 Å². The first-order chi connectivity index (χ1) is 7.08. The zero-order valence-corrected chi connectivity index (χ0v) is 10.6. The van der Waals surface area contributed by atoms with Crippen LogP contribution in [0.1, 0.15) is 23.0 Å². The summed E-state index contributed by atoms with van der Waals surface area (Å²) in [6.07, 6.45) is 1.26. The van der Waals surface area contributed by atoms with Crippen LogP contribution in [-0.2, 0) is 0 Å². The quantitative estimate of drug-likeness (QED) is 0.807. The highest BCUT2D eigenvalue weighted by atomic mass is 32.1. The van der Waals surface area contributed by atoms with Gasteiger partial charge >= 0.3 is 0 Å². The molecule has 1 amide bonds. The first-order valence-electron chi connectivity index (χ1n) is 5.11. The van der Waals surface area contributed by atoms with Crippen LogP contribution in [0.4, 0.5) is 0 Å². The lowest BCUT2D eigenvalue weighted by Crippen LogP contribution is -2.28. The van der Waals surface area contributed by atoms with E-state index >= 15 is 0 Å². The second-order valence-electron chi connectivity index (χ2n) is 4.33. The predicted molar refractivity (Wildman–Crippen MR) is 65.8 cm³/mol. The lowest BCUT2D eigenvalue weighted by Gasteiger charge is -2.15. The molecule has 2 nitrogen and oxygen atoms in total. The molecule has 82 valence electrons. The Kier molecular flexibility index (Phi) is 3.07. The molecule has 0 aromatic carbocycles. The van der Waals surface area contributed by atoms with Crippen LogP contribution in [-0.4, -0.2) is 24.4 Å². The van der Waals surface area contributed by atoms with Crippen molar-refractivity contribution in [1.29, 1.82) is 0 Å². The minimum atomic E-state index is 0.124. The second kappa shape index (κ2) is 4.18. The third-order valence-electron chi connectivity index (χ3n) is 2.93. The van der Waals surface area contributed by atoms with Crippen molar-refractivity contribution in [2.24, 2.45) is 11.8 Å². The van der Waals surface area contributed by atoms with E-state index in [0.29, 0.717) is 0 Å². The van der Waals surface area contributed by atoms with Gasteiger partial charge in [0.1, 0.15) is 0 Å². The summed E-state index contributed by atoms with van der Waals surface area (Å²) in [6, 6.07) is 1.84. The molecule has 2 rings (SSSR count). The minimum Gasteiger partial charge on any atom is -0.341 e. The van der Waals surface area contributed by atoms with Crippen LogP contribution < -0.4 is 0 Å².